The van der Waals surface area contributed by atoms with E-state index < -0.39 is 0 Å². The summed E-state index contributed by atoms with van der Waals surface area (Å²) in [5, 5.41) is 2.37. The summed E-state index contributed by atoms with van der Waals surface area (Å²) in [6.07, 6.45) is 4.60. The maximum atomic E-state index is 4.84. The van der Waals surface area contributed by atoms with Crippen LogP contribution >= 0.6 is 0 Å². The molecule has 0 aliphatic rings. The molecule has 0 aromatic heterocycles. The first-order valence-corrected chi connectivity index (χ1v) is 22.6. The normalized spacial score (nSPS) is 10.9. The van der Waals surface area contributed by atoms with Crippen LogP contribution in [0.1, 0.15) is 44.5 Å². The molecule has 0 aliphatic heterocycles. The van der Waals surface area contributed by atoms with Gasteiger partial charge in [0.2, 0.25) is 0 Å². The van der Waals surface area contributed by atoms with Gasteiger partial charge in [-0.2, -0.15) is 0 Å². The largest absolute Gasteiger partial charge is 0.310 e. The van der Waals surface area contributed by atoms with Gasteiger partial charge in [0.15, 0.2) is 0 Å². The van der Waals surface area contributed by atoms with Crippen molar-refractivity contribution in [3.63, 3.8) is 0 Å². The van der Waals surface area contributed by atoms with Crippen LogP contribution in [0.5, 0.6) is 0 Å². The van der Waals surface area contributed by atoms with Gasteiger partial charge in [-0.05, 0) is 114 Å². The summed E-state index contributed by atoms with van der Waals surface area (Å²) in [4.78, 5) is 2.37. The maximum Gasteiger partial charge on any atom is 0.0581 e. The SMILES string of the molecule is C=C(c1ccccc1)N(c1ccccc1)c1c(C)c(-c2ccc(C=C(c3ccccc3)c3ccccc3)cc2)c2ccccc2c1-c1ccc(C=C(c2ccccc2)c2ccccc2)cc1. The molecule has 10 aromatic carbocycles. The molecule has 0 heterocycles. The van der Waals surface area contributed by atoms with Crippen LogP contribution in [0.2, 0.25) is 0 Å². The number of fused-ring (bicyclic) bond motifs is 1. The van der Waals surface area contributed by atoms with Gasteiger partial charge < -0.3 is 4.90 Å². The van der Waals surface area contributed by atoms with E-state index in [2.05, 4.69) is 279 Å². The molecule has 10 rings (SSSR count). The molecule has 0 radical (unpaired) electrons. The summed E-state index contributed by atoms with van der Waals surface area (Å²) in [5.74, 6) is 0. The zero-order valence-electron chi connectivity index (χ0n) is 37.1. The second-order valence-corrected chi connectivity index (χ2v) is 16.6. The number of nitrogens with zero attached hydrogens (tertiary/aromatic N) is 1. The van der Waals surface area contributed by atoms with Gasteiger partial charge in [0.25, 0.3) is 0 Å². The Bertz CT molecular complexity index is 3220. The van der Waals surface area contributed by atoms with Crippen molar-refractivity contribution in [2.24, 2.45) is 0 Å². The maximum absolute atomic E-state index is 4.84. The molecule has 0 bridgehead atoms. The van der Waals surface area contributed by atoms with Crippen LogP contribution in [0.3, 0.4) is 0 Å². The highest BCUT2D eigenvalue weighted by Gasteiger charge is 2.26. The predicted octanol–water partition coefficient (Wildman–Crippen LogP) is 17.5. The summed E-state index contributed by atoms with van der Waals surface area (Å²) in [6.45, 7) is 7.13. The second-order valence-electron chi connectivity index (χ2n) is 16.6. The fourth-order valence-electron chi connectivity index (χ4n) is 9.22. The summed E-state index contributed by atoms with van der Waals surface area (Å²) in [5.41, 5.74) is 19.3. The van der Waals surface area contributed by atoms with Gasteiger partial charge >= 0.3 is 0 Å². The first kappa shape index (κ1) is 41.5. The topological polar surface area (TPSA) is 3.24 Å². The van der Waals surface area contributed by atoms with E-state index in [1.807, 2.05) is 0 Å². The number of anilines is 2. The first-order chi connectivity index (χ1) is 32.6. The lowest BCUT2D eigenvalue weighted by molar-refractivity contribution is 1.27. The van der Waals surface area contributed by atoms with Crippen LogP contribution in [-0.4, -0.2) is 0 Å². The zero-order valence-corrected chi connectivity index (χ0v) is 37.1. The molecule has 0 N–H and O–H groups in total. The molecular weight excluding hydrogens is 795 g/mol. The standard InChI is InChI=1S/C65H49N/c1-47-63(56-41-37-49(38-42-56)45-61(52-25-11-4-12-26-52)53-27-13-5-14-28-53)59-35-21-22-36-60(59)64(65(47)66(58-33-19-8-20-34-58)48(2)51-23-9-3-10-24-51)57-43-39-50(40-44-57)46-62(54-29-15-6-16-30-54)55-31-17-7-18-32-55/h3-46H,2H2,1H3. The Balaban J connectivity index is 1.17. The van der Waals surface area contributed by atoms with Gasteiger partial charge in [0, 0.05) is 16.9 Å². The van der Waals surface area contributed by atoms with E-state index in [9.17, 15) is 0 Å². The van der Waals surface area contributed by atoms with Crippen molar-refractivity contribution in [1.29, 1.82) is 0 Å². The lowest BCUT2D eigenvalue weighted by Crippen LogP contribution is -2.17. The van der Waals surface area contributed by atoms with Gasteiger partial charge in [0.1, 0.15) is 0 Å². The van der Waals surface area contributed by atoms with Crippen molar-refractivity contribution in [2.45, 2.75) is 6.92 Å². The summed E-state index contributed by atoms with van der Waals surface area (Å²) < 4.78 is 0. The summed E-state index contributed by atoms with van der Waals surface area (Å²) >= 11 is 0. The van der Waals surface area contributed by atoms with Gasteiger partial charge in [-0.3, -0.25) is 0 Å². The number of hydrogen-bond acceptors (Lipinski definition) is 1. The third-order valence-corrected chi connectivity index (χ3v) is 12.4. The number of benzene rings is 10. The van der Waals surface area contributed by atoms with Gasteiger partial charge in [-0.1, -0.05) is 249 Å². The van der Waals surface area contributed by atoms with Crippen LogP contribution in [0.25, 0.3) is 62.0 Å². The molecule has 1 nitrogen and oxygen atoms in total. The van der Waals surface area contributed by atoms with Crippen LogP contribution in [0.4, 0.5) is 11.4 Å². The molecule has 66 heavy (non-hydrogen) atoms. The average Bonchev–Trinajstić information content (AvgIpc) is 3.39. The number of para-hydroxylation sites is 1. The smallest absolute Gasteiger partial charge is 0.0581 e. The van der Waals surface area contributed by atoms with Crippen molar-refractivity contribution in [3.8, 4) is 22.3 Å². The third-order valence-electron chi connectivity index (χ3n) is 12.4. The predicted molar refractivity (Wildman–Crippen MR) is 283 cm³/mol. The number of hydrogen-bond donors (Lipinski definition) is 0. The molecule has 0 amide bonds. The summed E-state index contributed by atoms with van der Waals surface area (Å²) in [6, 6.07) is 90.9. The van der Waals surface area contributed by atoms with Gasteiger partial charge in [-0.15, -0.1) is 0 Å². The Hall–Kier alpha value is -8.52. The van der Waals surface area contributed by atoms with Gasteiger partial charge in [0.05, 0.1) is 5.69 Å². The fraction of sp³-hybridized carbons (Fsp3) is 0.0154. The molecule has 0 fully saturated rings. The first-order valence-electron chi connectivity index (χ1n) is 22.6. The lowest BCUT2D eigenvalue weighted by atomic mass is 9.85. The molecule has 10 aromatic rings. The number of rotatable bonds is 12. The van der Waals surface area contributed by atoms with E-state index in [-0.39, 0.29) is 0 Å². The van der Waals surface area contributed by atoms with Crippen LogP contribution in [0.15, 0.2) is 261 Å². The van der Waals surface area contributed by atoms with Gasteiger partial charge in [-0.25, -0.2) is 0 Å². The second kappa shape index (κ2) is 19.1. The molecule has 0 spiro atoms. The van der Waals surface area contributed by atoms with Crippen LogP contribution in [-0.2, 0) is 0 Å². The summed E-state index contributed by atoms with van der Waals surface area (Å²) in [7, 11) is 0. The molecule has 0 aliphatic carbocycles. The molecule has 1 heteroatoms. The Morgan fingerprint density at radius 2 is 0.667 bits per heavy atom. The molecule has 0 atom stereocenters. The quantitative estimate of drug-likeness (QED) is 0.111. The zero-order chi connectivity index (χ0) is 44.7. The van der Waals surface area contributed by atoms with E-state index in [1.165, 1.54) is 55.3 Å². The van der Waals surface area contributed by atoms with E-state index in [0.717, 1.165) is 50.5 Å². The van der Waals surface area contributed by atoms with E-state index in [0.29, 0.717) is 0 Å². The minimum Gasteiger partial charge on any atom is -0.310 e. The molecule has 0 saturated heterocycles. The third kappa shape index (κ3) is 8.59. The van der Waals surface area contributed by atoms with Crippen molar-refractivity contribution < 1.29 is 0 Å². The highest BCUT2D eigenvalue weighted by Crippen LogP contribution is 2.50. The van der Waals surface area contributed by atoms with Crippen LogP contribution < -0.4 is 4.90 Å². The van der Waals surface area contributed by atoms with E-state index in [1.54, 1.807) is 0 Å². The Morgan fingerprint density at radius 3 is 1.06 bits per heavy atom. The minimum absolute atomic E-state index is 0.900. The van der Waals surface area contributed by atoms with E-state index >= 15 is 0 Å². The molecule has 314 valence electrons. The fourth-order valence-corrected chi connectivity index (χ4v) is 9.22. The Kier molecular flexibility index (Phi) is 12.0. The Labute approximate surface area is 389 Å². The van der Waals surface area contributed by atoms with Crippen molar-refractivity contribution in [3.05, 3.63) is 306 Å². The van der Waals surface area contributed by atoms with Crippen molar-refractivity contribution in [1.82, 2.24) is 0 Å². The Morgan fingerprint density at radius 1 is 0.348 bits per heavy atom. The lowest BCUT2D eigenvalue weighted by Gasteiger charge is -2.33. The van der Waals surface area contributed by atoms with Crippen LogP contribution in [0, 0.1) is 6.92 Å². The van der Waals surface area contributed by atoms with Crippen molar-refractivity contribution in [2.75, 3.05) is 4.90 Å². The highest BCUT2D eigenvalue weighted by molar-refractivity contribution is 6.14. The highest BCUT2D eigenvalue weighted by atomic mass is 15.2. The molecule has 0 unspecified atom stereocenters. The molecule has 0 saturated carbocycles. The molecular formula is C65H49N. The average molecular weight is 844 g/mol. The van der Waals surface area contributed by atoms with Crippen molar-refractivity contribution >= 4 is 51.1 Å². The van der Waals surface area contributed by atoms with E-state index in [4.69, 9.17) is 6.58 Å². The monoisotopic (exact) mass is 843 g/mol. The minimum atomic E-state index is 0.900.